The first-order chi connectivity index (χ1) is 9.16. The molecule has 19 heavy (non-hydrogen) atoms. The molecule has 0 aromatic carbocycles. The second-order valence-electron chi connectivity index (χ2n) is 6.32. The zero-order valence-electron chi connectivity index (χ0n) is 12.4. The maximum absolute atomic E-state index is 12.7. The summed E-state index contributed by atoms with van der Waals surface area (Å²) in [6, 6.07) is 0.502. The molecule has 2 aliphatic heterocycles. The molecular formula is C15H28N2O2. The van der Waals surface area contributed by atoms with Crippen molar-refractivity contribution < 1.29 is 9.53 Å². The Hall–Kier alpha value is -0.610. The lowest BCUT2D eigenvalue weighted by Crippen LogP contribution is -2.46. The van der Waals surface area contributed by atoms with Crippen LogP contribution in [0.3, 0.4) is 0 Å². The van der Waals surface area contributed by atoms with E-state index in [2.05, 4.69) is 24.1 Å². The van der Waals surface area contributed by atoms with Gasteiger partial charge in [-0.1, -0.05) is 13.8 Å². The van der Waals surface area contributed by atoms with Crippen LogP contribution in [-0.4, -0.2) is 49.7 Å². The molecule has 0 aliphatic carbocycles. The molecule has 0 radical (unpaired) electrons. The summed E-state index contributed by atoms with van der Waals surface area (Å²) < 4.78 is 5.36. The molecule has 110 valence electrons. The van der Waals surface area contributed by atoms with E-state index in [-0.39, 0.29) is 5.92 Å². The molecule has 0 aromatic rings. The van der Waals surface area contributed by atoms with Crippen LogP contribution >= 0.6 is 0 Å². The lowest BCUT2D eigenvalue weighted by molar-refractivity contribution is -0.139. The molecule has 2 aliphatic rings. The van der Waals surface area contributed by atoms with Crippen LogP contribution in [-0.2, 0) is 9.53 Å². The average molecular weight is 268 g/mol. The highest BCUT2D eigenvalue weighted by Crippen LogP contribution is 2.19. The fourth-order valence-electron chi connectivity index (χ4n) is 3.08. The summed E-state index contributed by atoms with van der Waals surface area (Å²) in [4.78, 5) is 14.8. The molecule has 1 unspecified atom stereocenters. The highest BCUT2D eigenvalue weighted by Gasteiger charge is 2.28. The Kier molecular flexibility index (Phi) is 5.64. The van der Waals surface area contributed by atoms with Gasteiger partial charge in [0, 0.05) is 38.3 Å². The van der Waals surface area contributed by atoms with E-state index in [1.807, 2.05) is 0 Å². The third-order valence-corrected chi connectivity index (χ3v) is 4.07. The number of nitrogens with one attached hydrogen (secondary N) is 1. The Morgan fingerprint density at radius 1 is 1.32 bits per heavy atom. The van der Waals surface area contributed by atoms with Gasteiger partial charge in [-0.05, 0) is 38.1 Å². The van der Waals surface area contributed by atoms with Crippen LogP contribution < -0.4 is 5.32 Å². The second-order valence-corrected chi connectivity index (χ2v) is 6.32. The van der Waals surface area contributed by atoms with Gasteiger partial charge in [0.15, 0.2) is 0 Å². The van der Waals surface area contributed by atoms with Gasteiger partial charge in [0.05, 0.1) is 0 Å². The fourth-order valence-corrected chi connectivity index (χ4v) is 3.08. The van der Waals surface area contributed by atoms with Gasteiger partial charge in [0.25, 0.3) is 0 Å². The van der Waals surface area contributed by atoms with E-state index < -0.39 is 0 Å². The molecule has 2 saturated heterocycles. The minimum absolute atomic E-state index is 0.189. The SMILES string of the molecule is CC(C)CN(CC1CCCN1)C(=O)C1CCOCC1. The largest absolute Gasteiger partial charge is 0.381 e. The molecular weight excluding hydrogens is 240 g/mol. The van der Waals surface area contributed by atoms with Crippen LogP contribution in [0, 0.1) is 11.8 Å². The quantitative estimate of drug-likeness (QED) is 0.824. The van der Waals surface area contributed by atoms with Crippen molar-refractivity contribution in [2.75, 3.05) is 32.8 Å². The number of ether oxygens (including phenoxy) is 1. The molecule has 2 heterocycles. The Morgan fingerprint density at radius 3 is 2.63 bits per heavy atom. The van der Waals surface area contributed by atoms with Crippen LogP contribution in [0.5, 0.6) is 0 Å². The summed E-state index contributed by atoms with van der Waals surface area (Å²) in [5.41, 5.74) is 0. The Labute approximate surface area is 116 Å². The topological polar surface area (TPSA) is 41.6 Å². The van der Waals surface area contributed by atoms with Crippen molar-refractivity contribution in [3.63, 3.8) is 0 Å². The first kappa shape index (κ1) is 14.8. The van der Waals surface area contributed by atoms with Crippen molar-refractivity contribution in [1.29, 1.82) is 0 Å². The van der Waals surface area contributed by atoms with E-state index in [1.165, 1.54) is 12.8 Å². The summed E-state index contributed by atoms with van der Waals surface area (Å²) in [5.74, 6) is 1.07. The molecule has 2 rings (SSSR count). The number of carbonyl (C=O) groups excluding carboxylic acids is 1. The van der Waals surface area contributed by atoms with E-state index in [1.54, 1.807) is 0 Å². The maximum atomic E-state index is 12.7. The number of amides is 1. The third kappa shape index (κ3) is 4.46. The maximum Gasteiger partial charge on any atom is 0.225 e. The van der Waals surface area contributed by atoms with Gasteiger partial charge in [-0.3, -0.25) is 4.79 Å². The Balaban J connectivity index is 1.92. The number of rotatable bonds is 5. The number of carbonyl (C=O) groups is 1. The smallest absolute Gasteiger partial charge is 0.225 e. The third-order valence-electron chi connectivity index (χ3n) is 4.07. The Morgan fingerprint density at radius 2 is 2.05 bits per heavy atom. The standard InChI is InChI=1S/C15H28N2O2/c1-12(2)10-17(11-14-4-3-7-16-14)15(18)13-5-8-19-9-6-13/h12-14,16H,3-11H2,1-2H3. The zero-order chi connectivity index (χ0) is 13.7. The molecule has 2 fully saturated rings. The van der Waals surface area contributed by atoms with Crippen molar-refractivity contribution in [2.24, 2.45) is 11.8 Å². The molecule has 0 bridgehead atoms. The van der Waals surface area contributed by atoms with Crippen molar-refractivity contribution >= 4 is 5.91 Å². The van der Waals surface area contributed by atoms with Crippen LogP contribution in [0.4, 0.5) is 0 Å². The highest BCUT2D eigenvalue weighted by molar-refractivity contribution is 5.79. The van der Waals surface area contributed by atoms with Gasteiger partial charge in [-0.2, -0.15) is 0 Å². The van der Waals surface area contributed by atoms with Crippen LogP contribution in [0.25, 0.3) is 0 Å². The summed E-state index contributed by atoms with van der Waals surface area (Å²) >= 11 is 0. The molecule has 1 atom stereocenters. The first-order valence-electron chi connectivity index (χ1n) is 7.76. The molecule has 4 heteroatoms. The molecule has 0 saturated carbocycles. The normalized spacial score (nSPS) is 24.9. The van der Waals surface area contributed by atoms with Gasteiger partial charge in [0.2, 0.25) is 5.91 Å². The average Bonchev–Trinajstić information content (AvgIpc) is 2.90. The summed E-state index contributed by atoms with van der Waals surface area (Å²) in [7, 11) is 0. The van der Waals surface area contributed by atoms with Gasteiger partial charge in [-0.25, -0.2) is 0 Å². The van der Waals surface area contributed by atoms with Gasteiger partial charge >= 0.3 is 0 Å². The zero-order valence-corrected chi connectivity index (χ0v) is 12.4. The monoisotopic (exact) mass is 268 g/mol. The van der Waals surface area contributed by atoms with E-state index >= 15 is 0 Å². The Bertz CT molecular complexity index is 282. The predicted molar refractivity (Wildman–Crippen MR) is 76.0 cm³/mol. The summed E-state index contributed by atoms with van der Waals surface area (Å²) in [6.07, 6.45) is 4.23. The van der Waals surface area contributed by atoms with Crippen LogP contribution in [0.2, 0.25) is 0 Å². The highest BCUT2D eigenvalue weighted by atomic mass is 16.5. The molecule has 1 N–H and O–H groups in total. The fraction of sp³-hybridized carbons (Fsp3) is 0.933. The van der Waals surface area contributed by atoms with Crippen molar-refractivity contribution in [3.05, 3.63) is 0 Å². The minimum Gasteiger partial charge on any atom is -0.381 e. The number of nitrogens with zero attached hydrogens (tertiary/aromatic N) is 1. The first-order valence-corrected chi connectivity index (χ1v) is 7.76. The lowest BCUT2D eigenvalue weighted by atomic mass is 9.97. The predicted octanol–water partition coefficient (Wildman–Crippen LogP) is 1.65. The number of hydrogen-bond acceptors (Lipinski definition) is 3. The van der Waals surface area contributed by atoms with E-state index in [0.717, 1.165) is 45.7 Å². The molecule has 1 amide bonds. The van der Waals surface area contributed by atoms with Gasteiger partial charge < -0.3 is 15.0 Å². The van der Waals surface area contributed by atoms with E-state index in [4.69, 9.17) is 4.74 Å². The van der Waals surface area contributed by atoms with E-state index in [0.29, 0.717) is 17.9 Å². The van der Waals surface area contributed by atoms with Crippen LogP contribution in [0.15, 0.2) is 0 Å². The minimum atomic E-state index is 0.189. The molecule has 0 spiro atoms. The van der Waals surface area contributed by atoms with E-state index in [9.17, 15) is 4.79 Å². The number of hydrogen-bond donors (Lipinski definition) is 1. The second kappa shape index (κ2) is 7.25. The molecule has 0 aromatic heterocycles. The van der Waals surface area contributed by atoms with Gasteiger partial charge in [0.1, 0.15) is 0 Å². The summed E-state index contributed by atoms with van der Waals surface area (Å²) in [6.45, 7) is 8.73. The van der Waals surface area contributed by atoms with Crippen molar-refractivity contribution in [1.82, 2.24) is 10.2 Å². The van der Waals surface area contributed by atoms with Crippen LogP contribution in [0.1, 0.15) is 39.5 Å². The lowest BCUT2D eigenvalue weighted by Gasteiger charge is -2.32. The van der Waals surface area contributed by atoms with Crippen molar-refractivity contribution in [3.8, 4) is 0 Å². The van der Waals surface area contributed by atoms with Gasteiger partial charge in [-0.15, -0.1) is 0 Å². The molecule has 4 nitrogen and oxygen atoms in total. The summed E-state index contributed by atoms with van der Waals surface area (Å²) in [5, 5.41) is 3.50. The van der Waals surface area contributed by atoms with Crippen molar-refractivity contribution in [2.45, 2.75) is 45.6 Å².